The highest BCUT2D eigenvalue weighted by atomic mass is 127. The first-order valence-corrected chi connectivity index (χ1v) is 8.35. The molecule has 1 aromatic carbocycles. The fourth-order valence-corrected chi connectivity index (χ4v) is 2.58. The molecule has 0 saturated heterocycles. The first kappa shape index (κ1) is 16.0. The van der Waals surface area contributed by atoms with E-state index in [9.17, 15) is 4.79 Å². The smallest absolute Gasteiger partial charge is 0.252 e. The van der Waals surface area contributed by atoms with Crippen molar-refractivity contribution in [2.24, 2.45) is 5.92 Å². The summed E-state index contributed by atoms with van der Waals surface area (Å²) in [6.07, 6.45) is 2.16. The third-order valence-corrected chi connectivity index (χ3v) is 5.40. The van der Waals surface area contributed by atoms with E-state index in [1.54, 1.807) is 0 Å². The van der Waals surface area contributed by atoms with Gasteiger partial charge in [0.2, 0.25) is 0 Å². The van der Waals surface area contributed by atoms with Gasteiger partial charge in [-0.1, -0.05) is 35.0 Å². The summed E-state index contributed by atoms with van der Waals surface area (Å²) in [5, 5.41) is 4.01. The molecule has 1 aromatic rings. The molecule has 1 N–H and O–H groups in total. The van der Waals surface area contributed by atoms with Crippen LogP contribution in [0.3, 0.4) is 0 Å². The average molecular weight is 424 g/mol. The second-order valence-electron chi connectivity index (χ2n) is 4.59. The van der Waals surface area contributed by atoms with Gasteiger partial charge in [-0.25, -0.2) is 0 Å². The molecule has 0 bridgehead atoms. The quantitative estimate of drug-likeness (QED) is 0.415. The summed E-state index contributed by atoms with van der Waals surface area (Å²) in [5.74, 6) is 0.704. The molecule has 0 aliphatic rings. The van der Waals surface area contributed by atoms with Crippen molar-refractivity contribution in [1.29, 1.82) is 0 Å². The summed E-state index contributed by atoms with van der Waals surface area (Å²) >= 11 is 5.69. The van der Waals surface area contributed by atoms with Crippen LogP contribution in [0.1, 0.15) is 35.7 Å². The molecule has 0 radical (unpaired) electrons. The molecular formula is C14H19BrINO. The predicted molar refractivity (Wildman–Crippen MR) is 88.4 cm³/mol. The van der Waals surface area contributed by atoms with E-state index in [0.29, 0.717) is 5.92 Å². The number of hydrogen-bond donors (Lipinski definition) is 1. The predicted octanol–water partition coefficient (Wildman–Crippen LogP) is 4.14. The lowest BCUT2D eigenvalue weighted by atomic mass is 10.1. The van der Waals surface area contributed by atoms with E-state index in [4.69, 9.17) is 0 Å². The number of alkyl halides is 1. The standard InChI is InChI=1S/C14H19BrINO/c1-10(9-15)5-4-8-17-14(18)12-7-3-6-11(2)13(12)16/h3,6-7,10H,4-5,8-9H2,1-2H3,(H,17,18). The van der Waals surface area contributed by atoms with Crippen LogP contribution in [-0.2, 0) is 0 Å². The topological polar surface area (TPSA) is 29.1 Å². The summed E-state index contributed by atoms with van der Waals surface area (Å²) in [4.78, 5) is 12.0. The third kappa shape index (κ3) is 4.88. The molecule has 1 atom stereocenters. The van der Waals surface area contributed by atoms with Crippen molar-refractivity contribution in [3.05, 3.63) is 32.9 Å². The first-order chi connectivity index (χ1) is 8.56. The Kier molecular flexibility index (Phi) is 7.22. The Balaban J connectivity index is 2.44. The molecule has 0 spiro atoms. The van der Waals surface area contributed by atoms with Crippen LogP contribution in [0.5, 0.6) is 0 Å². The monoisotopic (exact) mass is 423 g/mol. The number of aryl methyl sites for hydroxylation is 1. The van der Waals surface area contributed by atoms with Gasteiger partial charge >= 0.3 is 0 Å². The molecule has 18 heavy (non-hydrogen) atoms. The zero-order valence-corrected chi connectivity index (χ0v) is 14.5. The van der Waals surface area contributed by atoms with E-state index in [-0.39, 0.29) is 5.91 Å². The normalized spacial score (nSPS) is 12.2. The molecule has 0 aliphatic heterocycles. The maximum Gasteiger partial charge on any atom is 0.252 e. The van der Waals surface area contributed by atoms with Crippen molar-refractivity contribution in [3.8, 4) is 0 Å². The largest absolute Gasteiger partial charge is 0.352 e. The Labute approximate surface area is 131 Å². The SMILES string of the molecule is Cc1cccc(C(=O)NCCCC(C)CBr)c1I. The van der Waals surface area contributed by atoms with Crippen LogP contribution in [0.25, 0.3) is 0 Å². The van der Waals surface area contributed by atoms with E-state index < -0.39 is 0 Å². The van der Waals surface area contributed by atoms with Gasteiger partial charge in [0.25, 0.3) is 5.91 Å². The van der Waals surface area contributed by atoms with Crippen LogP contribution in [-0.4, -0.2) is 17.8 Å². The minimum absolute atomic E-state index is 0.0367. The van der Waals surface area contributed by atoms with Gasteiger partial charge in [0.15, 0.2) is 0 Å². The van der Waals surface area contributed by atoms with E-state index in [0.717, 1.165) is 39.4 Å². The Hall–Kier alpha value is -0.100. The van der Waals surface area contributed by atoms with Gasteiger partial charge in [0, 0.05) is 15.4 Å². The molecule has 0 saturated carbocycles. The van der Waals surface area contributed by atoms with E-state index in [1.165, 1.54) is 0 Å². The van der Waals surface area contributed by atoms with Gasteiger partial charge < -0.3 is 5.32 Å². The van der Waals surface area contributed by atoms with Gasteiger partial charge in [0.1, 0.15) is 0 Å². The summed E-state index contributed by atoms with van der Waals surface area (Å²) < 4.78 is 1.04. The number of halogens is 2. The zero-order valence-electron chi connectivity index (χ0n) is 10.8. The van der Waals surface area contributed by atoms with Crippen LogP contribution < -0.4 is 5.32 Å². The Morgan fingerprint density at radius 1 is 1.50 bits per heavy atom. The Morgan fingerprint density at radius 2 is 2.22 bits per heavy atom. The van der Waals surface area contributed by atoms with Crippen LogP contribution in [0.4, 0.5) is 0 Å². The highest BCUT2D eigenvalue weighted by molar-refractivity contribution is 14.1. The number of amides is 1. The minimum atomic E-state index is 0.0367. The lowest BCUT2D eigenvalue weighted by Crippen LogP contribution is -2.25. The minimum Gasteiger partial charge on any atom is -0.352 e. The number of carbonyl (C=O) groups is 1. The summed E-state index contributed by atoms with van der Waals surface area (Å²) in [6, 6.07) is 5.83. The second kappa shape index (κ2) is 8.15. The van der Waals surface area contributed by atoms with Crippen molar-refractivity contribution in [2.45, 2.75) is 26.7 Å². The lowest BCUT2D eigenvalue weighted by Gasteiger charge is -2.10. The molecule has 0 aliphatic carbocycles. The highest BCUT2D eigenvalue weighted by Gasteiger charge is 2.10. The molecule has 0 fully saturated rings. The number of rotatable bonds is 6. The molecule has 0 aromatic heterocycles. The molecule has 1 amide bonds. The van der Waals surface area contributed by atoms with Gasteiger partial charge in [-0.2, -0.15) is 0 Å². The van der Waals surface area contributed by atoms with Crippen molar-refractivity contribution in [2.75, 3.05) is 11.9 Å². The van der Waals surface area contributed by atoms with Crippen molar-refractivity contribution in [1.82, 2.24) is 5.32 Å². The van der Waals surface area contributed by atoms with Crippen LogP contribution in [0.2, 0.25) is 0 Å². The maximum absolute atomic E-state index is 12.0. The van der Waals surface area contributed by atoms with Gasteiger partial charge in [-0.3, -0.25) is 4.79 Å². The zero-order chi connectivity index (χ0) is 13.5. The second-order valence-corrected chi connectivity index (χ2v) is 6.32. The number of benzene rings is 1. The van der Waals surface area contributed by atoms with E-state index >= 15 is 0 Å². The fourth-order valence-electron chi connectivity index (χ4n) is 1.65. The maximum atomic E-state index is 12.0. The fraction of sp³-hybridized carbons (Fsp3) is 0.500. The molecule has 1 unspecified atom stereocenters. The molecule has 1 rings (SSSR count). The number of carbonyl (C=O) groups excluding carboxylic acids is 1. The summed E-state index contributed by atoms with van der Waals surface area (Å²) in [5.41, 5.74) is 1.93. The molecule has 2 nitrogen and oxygen atoms in total. The summed E-state index contributed by atoms with van der Waals surface area (Å²) in [6.45, 7) is 4.98. The van der Waals surface area contributed by atoms with Crippen LogP contribution in [0, 0.1) is 16.4 Å². The van der Waals surface area contributed by atoms with Crippen LogP contribution >= 0.6 is 38.5 Å². The number of hydrogen-bond acceptors (Lipinski definition) is 1. The van der Waals surface area contributed by atoms with Crippen molar-refractivity contribution < 1.29 is 4.79 Å². The third-order valence-electron chi connectivity index (χ3n) is 2.86. The Bertz CT molecular complexity index is 409. The van der Waals surface area contributed by atoms with Crippen molar-refractivity contribution in [3.63, 3.8) is 0 Å². The van der Waals surface area contributed by atoms with E-state index in [1.807, 2.05) is 25.1 Å². The molecule has 4 heteroatoms. The first-order valence-electron chi connectivity index (χ1n) is 6.15. The van der Waals surface area contributed by atoms with Gasteiger partial charge in [-0.05, 0) is 59.9 Å². The molecule has 0 heterocycles. The highest BCUT2D eigenvalue weighted by Crippen LogP contribution is 2.16. The van der Waals surface area contributed by atoms with E-state index in [2.05, 4.69) is 50.8 Å². The molecule has 100 valence electrons. The Morgan fingerprint density at radius 3 is 2.89 bits per heavy atom. The van der Waals surface area contributed by atoms with Gasteiger partial charge in [-0.15, -0.1) is 0 Å². The van der Waals surface area contributed by atoms with Crippen LogP contribution in [0.15, 0.2) is 18.2 Å². The van der Waals surface area contributed by atoms with Crippen molar-refractivity contribution >= 4 is 44.4 Å². The number of nitrogens with one attached hydrogen (secondary N) is 1. The summed E-state index contributed by atoms with van der Waals surface area (Å²) in [7, 11) is 0. The molecular weight excluding hydrogens is 405 g/mol. The average Bonchev–Trinajstić information content (AvgIpc) is 2.37. The lowest BCUT2D eigenvalue weighted by molar-refractivity contribution is 0.0951. The van der Waals surface area contributed by atoms with Gasteiger partial charge in [0.05, 0.1) is 5.56 Å².